The van der Waals surface area contributed by atoms with Gasteiger partial charge in [-0.2, -0.15) is 5.10 Å². The van der Waals surface area contributed by atoms with Crippen LogP contribution in [0, 0.1) is 0 Å². The number of ether oxygens (including phenoxy) is 1. The van der Waals surface area contributed by atoms with Crippen molar-refractivity contribution < 1.29 is 9.53 Å². The fourth-order valence-corrected chi connectivity index (χ4v) is 3.37. The average molecular weight is 387 g/mol. The van der Waals surface area contributed by atoms with Crippen LogP contribution in [0.4, 0.5) is 10.5 Å². The van der Waals surface area contributed by atoms with Crippen molar-refractivity contribution in [2.75, 3.05) is 12.0 Å². The van der Waals surface area contributed by atoms with Crippen LogP contribution < -0.4 is 15.4 Å². The van der Waals surface area contributed by atoms with E-state index in [9.17, 15) is 4.79 Å². The second-order valence-corrected chi connectivity index (χ2v) is 6.68. The number of nitrogens with zero attached hydrogens (tertiary/aromatic N) is 4. The van der Waals surface area contributed by atoms with Gasteiger partial charge in [-0.25, -0.2) is 9.48 Å². The highest BCUT2D eigenvalue weighted by molar-refractivity contribution is 5.94. The van der Waals surface area contributed by atoms with E-state index in [2.05, 4.69) is 10.1 Å². The van der Waals surface area contributed by atoms with Crippen molar-refractivity contribution >= 4 is 22.6 Å². The van der Waals surface area contributed by atoms with Crippen LogP contribution in [0.25, 0.3) is 16.6 Å². The standard InChI is InChI=1S/C22H21N5O2/c1-15(16-8-10-24-11-9-16)27(22(23)28)19-7-6-17-14-26(25-21(17)13-19)18-4-3-5-20(12-18)29-2/h3-15H,1-2H3,(H2,23,28). The molecule has 7 nitrogen and oxygen atoms in total. The van der Waals surface area contributed by atoms with Gasteiger partial charge in [-0.1, -0.05) is 6.07 Å². The quantitative estimate of drug-likeness (QED) is 0.559. The van der Waals surface area contributed by atoms with Crippen molar-refractivity contribution in [1.29, 1.82) is 0 Å². The Kier molecular flexibility index (Phi) is 4.87. The molecule has 146 valence electrons. The molecule has 4 rings (SSSR count). The minimum Gasteiger partial charge on any atom is -0.497 e. The number of carbonyl (C=O) groups is 1. The molecule has 0 aliphatic carbocycles. The third kappa shape index (κ3) is 3.62. The first kappa shape index (κ1) is 18.5. The summed E-state index contributed by atoms with van der Waals surface area (Å²) in [5.41, 5.74) is 8.99. The van der Waals surface area contributed by atoms with Gasteiger partial charge in [0, 0.05) is 35.7 Å². The number of aromatic nitrogens is 3. The summed E-state index contributed by atoms with van der Waals surface area (Å²) in [6.07, 6.45) is 5.34. The Morgan fingerprint density at radius 3 is 2.66 bits per heavy atom. The van der Waals surface area contributed by atoms with E-state index >= 15 is 0 Å². The van der Waals surface area contributed by atoms with E-state index in [1.54, 1.807) is 29.1 Å². The van der Waals surface area contributed by atoms with Gasteiger partial charge < -0.3 is 10.5 Å². The van der Waals surface area contributed by atoms with Crippen molar-refractivity contribution in [3.8, 4) is 11.4 Å². The van der Waals surface area contributed by atoms with Gasteiger partial charge in [0.05, 0.1) is 24.4 Å². The van der Waals surface area contributed by atoms with Crippen molar-refractivity contribution in [2.24, 2.45) is 5.73 Å². The third-order valence-corrected chi connectivity index (χ3v) is 4.90. The molecule has 0 fully saturated rings. The Labute approximate surface area is 168 Å². The summed E-state index contributed by atoms with van der Waals surface area (Å²) in [5.74, 6) is 0.758. The van der Waals surface area contributed by atoms with Gasteiger partial charge in [0.1, 0.15) is 5.75 Å². The van der Waals surface area contributed by atoms with Crippen molar-refractivity contribution in [3.05, 3.63) is 78.8 Å². The lowest BCUT2D eigenvalue weighted by molar-refractivity contribution is 0.252. The van der Waals surface area contributed by atoms with E-state index in [1.807, 2.05) is 67.7 Å². The lowest BCUT2D eigenvalue weighted by atomic mass is 10.1. The monoisotopic (exact) mass is 387 g/mol. The molecule has 2 heterocycles. The Hall–Kier alpha value is -3.87. The maximum Gasteiger partial charge on any atom is 0.319 e. The summed E-state index contributed by atoms with van der Waals surface area (Å²) in [7, 11) is 1.63. The average Bonchev–Trinajstić information content (AvgIpc) is 3.18. The molecular formula is C22H21N5O2. The molecule has 2 N–H and O–H groups in total. The zero-order valence-electron chi connectivity index (χ0n) is 16.2. The van der Waals surface area contributed by atoms with Crippen LogP contribution in [0.15, 0.2) is 73.2 Å². The molecule has 4 aromatic rings. The molecule has 29 heavy (non-hydrogen) atoms. The van der Waals surface area contributed by atoms with E-state index in [4.69, 9.17) is 10.5 Å². The van der Waals surface area contributed by atoms with E-state index in [1.165, 1.54) is 0 Å². The van der Waals surface area contributed by atoms with Gasteiger partial charge in [0.2, 0.25) is 0 Å². The highest BCUT2D eigenvalue weighted by Crippen LogP contribution is 2.29. The highest BCUT2D eigenvalue weighted by atomic mass is 16.5. The second kappa shape index (κ2) is 7.63. The predicted octanol–water partition coefficient (Wildman–Crippen LogP) is 4.08. The summed E-state index contributed by atoms with van der Waals surface area (Å²) in [4.78, 5) is 17.8. The number of amides is 2. The molecule has 1 atom stereocenters. The fourth-order valence-electron chi connectivity index (χ4n) is 3.37. The smallest absolute Gasteiger partial charge is 0.319 e. The Balaban J connectivity index is 1.73. The first-order chi connectivity index (χ1) is 14.1. The van der Waals surface area contributed by atoms with Crippen molar-refractivity contribution in [1.82, 2.24) is 14.8 Å². The van der Waals surface area contributed by atoms with Crippen LogP contribution in [0.2, 0.25) is 0 Å². The number of fused-ring (bicyclic) bond motifs is 1. The van der Waals surface area contributed by atoms with Crippen molar-refractivity contribution in [2.45, 2.75) is 13.0 Å². The molecule has 7 heteroatoms. The van der Waals surface area contributed by atoms with Crippen molar-refractivity contribution in [3.63, 3.8) is 0 Å². The highest BCUT2D eigenvalue weighted by Gasteiger charge is 2.22. The molecule has 0 saturated heterocycles. The molecule has 0 saturated carbocycles. The molecule has 2 aromatic heterocycles. The minimum atomic E-state index is -0.527. The summed E-state index contributed by atoms with van der Waals surface area (Å²) < 4.78 is 7.08. The third-order valence-electron chi connectivity index (χ3n) is 4.90. The number of urea groups is 1. The maximum atomic E-state index is 12.2. The zero-order valence-corrected chi connectivity index (χ0v) is 16.2. The molecule has 0 aliphatic rings. The largest absolute Gasteiger partial charge is 0.497 e. The number of pyridine rings is 1. The van der Waals surface area contributed by atoms with Crippen LogP contribution >= 0.6 is 0 Å². The van der Waals surface area contributed by atoms with Crippen LogP contribution in [-0.2, 0) is 0 Å². The number of methoxy groups -OCH3 is 1. The van der Waals surface area contributed by atoms with Gasteiger partial charge >= 0.3 is 6.03 Å². The second-order valence-electron chi connectivity index (χ2n) is 6.68. The van der Waals surface area contributed by atoms with Crippen LogP contribution in [-0.4, -0.2) is 27.9 Å². The molecule has 0 radical (unpaired) electrons. The lowest BCUT2D eigenvalue weighted by Gasteiger charge is -2.27. The number of rotatable bonds is 5. The molecule has 1 unspecified atom stereocenters. The number of hydrogen-bond donors (Lipinski definition) is 1. The lowest BCUT2D eigenvalue weighted by Crippen LogP contribution is -2.37. The normalized spacial score (nSPS) is 11.9. The zero-order chi connectivity index (χ0) is 20.4. The van der Waals surface area contributed by atoms with Gasteiger partial charge in [0.15, 0.2) is 0 Å². The van der Waals surface area contributed by atoms with Crippen LogP contribution in [0.5, 0.6) is 5.75 Å². The minimum absolute atomic E-state index is 0.242. The fraction of sp³-hybridized carbons (Fsp3) is 0.136. The van der Waals surface area contributed by atoms with Crippen LogP contribution in [0.1, 0.15) is 18.5 Å². The molecule has 2 amide bonds. The number of benzene rings is 2. The molecule has 0 spiro atoms. The number of primary amides is 1. The van der Waals surface area contributed by atoms with Gasteiger partial charge in [0.25, 0.3) is 0 Å². The van der Waals surface area contributed by atoms with E-state index < -0.39 is 6.03 Å². The van der Waals surface area contributed by atoms with E-state index in [-0.39, 0.29) is 6.04 Å². The van der Waals surface area contributed by atoms with E-state index in [0.29, 0.717) is 5.69 Å². The van der Waals surface area contributed by atoms with Crippen LogP contribution in [0.3, 0.4) is 0 Å². The molecule has 0 bridgehead atoms. The summed E-state index contributed by atoms with van der Waals surface area (Å²) in [6.45, 7) is 1.93. The summed E-state index contributed by atoms with van der Waals surface area (Å²) in [5, 5.41) is 5.62. The van der Waals surface area contributed by atoms with Gasteiger partial charge in [-0.05, 0) is 55.0 Å². The summed E-state index contributed by atoms with van der Waals surface area (Å²) >= 11 is 0. The SMILES string of the molecule is COc1cccc(-n2cc3ccc(N(C(N)=O)C(C)c4ccncc4)cc3n2)c1. The maximum absolute atomic E-state index is 12.2. The van der Waals surface area contributed by atoms with Gasteiger partial charge in [-0.15, -0.1) is 0 Å². The Morgan fingerprint density at radius 1 is 1.14 bits per heavy atom. The van der Waals surface area contributed by atoms with E-state index in [0.717, 1.165) is 27.9 Å². The molecule has 0 aliphatic heterocycles. The predicted molar refractivity (Wildman–Crippen MR) is 112 cm³/mol. The topological polar surface area (TPSA) is 86.3 Å². The Morgan fingerprint density at radius 2 is 1.93 bits per heavy atom. The van der Waals surface area contributed by atoms with Gasteiger partial charge in [-0.3, -0.25) is 9.88 Å². The molecular weight excluding hydrogens is 366 g/mol. The number of anilines is 1. The number of nitrogens with two attached hydrogens (primary N) is 1. The first-order valence-electron chi connectivity index (χ1n) is 9.19. The number of hydrogen-bond acceptors (Lipinski definition) is 4. The summed E-state index contributed by atoms with van der Waals surface area (Å²) in [6, 6.07) is 16.3. The first-order valence-corrected chi connectivity index (χ1v) is 9.19. The molecule has 2 aromatic carbocycles. The Bertz CT molecular complexity index is 1160. The number of carbonyl (C=O) groups excluding carboxylic acids is 1.